The number of ether oxygens (including phenoxy) is 3. The molecule has 158 valence electrons. The van der Waals surface area contributed by atoms with Gasteiger partial charge in [-0.2, -0.15) is 8.78 Å². The van der Waals surface area contributed by atoms with Gasteiger partial charge in [-0.25, -0.2) is 0 Å². The second-order valence-electron chi connectivity index (χ2n) is 8.42. The molecule has 1 aliphatic heterocycles. The van der Waals surface area contributed by atoms with E-state index in [0.717, 1.165) is 31.3 Å². The topological polar surface area (TPSA) is 27.7 Å². The van der Waals surface area contributed by atoms with Gasteiger partial charge in [-0.15, -0.1) is 0 Å². The van der Waals surface area contributed by atoms with Gasteiger partial charge in [0.1, 0.15) is 6.61 Å². The van der Waals surface area contributed by atoms with E-state index in [1.165, 1.54) is 64.2 Å². The number of unbranched alkanes of at least 4 members (excludes halogenated alkanes) is 1. The Kier molecular flexibility index (Phi) is 7.95. The highest BCUT2D eigenvalue weighted by atomic mass is 19.2. The van der Waals surface area contributed by atoms with Crippen LogP contribution in [0.2, 0.25) is 0 Å². The quantitative estimate of drug-likeness (QED) is 0.528. The third-order valence-corrected chi connectivity index (χ3v) is 6.59. The molecule has 3 nitrogen and oxygen atoms in total. The summed E-state index contributed by atoms with van der Waals surface area (Å²) in [5.41, 5.74) is 0. The average Bonchev–Trinajstić information content (AvgIpc) is 2.74. The first-order valence-corrected chi connectivity index (χ1v) is 10.9. The van der Waals surface area contributed by atoms with Gasteiger partial charge >= 0.3 is 0 Å². The SMILES string of the molecule is CCCCC1CCC(C2CCC(COc3ccc(OC)c(F)c3F)OC2)CC1. The molecule has 2 aliphatic rings. The predicted octanol–water partition coefficient (Wildman–Crippen LogP) is 6.14. The number of benzene rings is 1. The lowest BCUT2D eigenvalue weighted by atomic mass is 9.73. The van der Waals surface area contributed by atoms with Crippen LogP contribution in [0.4, 0.5) is 8.78 Å². The zero-order valence-corrected chi connectivity index (χ0v) is 17.2. The first kappa shape index (κ1) is 21.4. The molecule has 2 atom stereocenters. The number of hydrogen-bond donors (Lipinski definition) is 0. The van der Waals surface area contributed by atoms with E-state index in [1.807, 2.05) is 0 Å². The van der Waals surface area contributed by atoms with Crippen LogP contribution in [-0.2, 0) is 4.74 Å². The van der Waals surface area contributed by atoms with E-state index in [2.05, 4.69) is 6.92 Å². The molecule has 1 heterocycles. The summed E-state index contributed by atoms with van der Waals surface area (Å²) >= 11 is 0. The van der Waals surface area contributed by atoms with E-state index in [1.54, 1.807) is 0 Å². The molecule has 1 aromatic rings. The lowest BCUT2D eigenvalue weighted by molar-refractivity contribution is -0.0565. The van der Waals surface area contributed by atoms with Crippen LogP contribution in [0, 0.1) is 29.4 Å². The summed E-state index contributed by atoms with van der Waals surface area (Å²) in [7, 11) is 1.31. The normalized spacial score (nSPS) is 28.1. The summed E-state index contributed by atoms with van der Waals surface area (Å²) in [6.07, 6.45) is 11.5. The molecule has 5 heteroatoms. The Morgan fingerprint density at radius 2 is 1.64 bits per heavy atom. The Balaban J connectivity index is 1.40. The largest absolute Gasteiger partial charge is 0.494 e. The van der Waals surface area contributed by atoms with Crippen molar-refractivity contribution in [1.29, 1.82) is 0 Å². The van der Waals surface area contributed by atoms with Gasteiger partial charge in [0.2, 0.25) is 11.6 Å². The van der Waals surface area contributed by atoms with Crippen molar-refractivity contribution in [2.75, 3.05) is 20.3 Å². The predicted molar refractivity (Wildman–Crippen MR) is 106 cm³/mol. The molecule has 0 N–H and O–H groups in total. The maximum absolute atomic E-state index is 14.0. The molecule has 1 saturated heterocycles. The van der Waals surface area contributed by atoms with Crippen LogP contribution >= 0.6 is 0 Å². The molecule has 1 saturated carbocycles. The van der Waals surface area contributed by atoms with Crippen molar-refractivity contribution in [3.63, 3.8) is 0 Å². The maximum Gasteiger partial charge on any atom is 0.204 e. The molecule has 0 aromatic heterocycles. The Morgan fingerprint density at radius 1 is 0.964 bits per heavy atom. The monoisotopic (exact) mass is 396 g/mol. The molecule has 28 heavy (non-hydrogen) atoms. The summed E-state index contributed by atoms with van der Waals surface area (Å²) in [6, 6.07) is 2.78. The van der Waals surface area contributed by atoms with Gasteiger partial charge in [-0.1, -0.05) is 39.0 Å². The van der Waals surface area contributed by atoms with Crippen LogP contribution < -0.4 is 9.47 Å². The van der Waals surface area contributed by atoms with Crippen LogP contribution in [0.1, 0.15) is 64.7 Å². The summed E-state index contributed by atoms with van der Waals surface area (Å²) in [4.78, 5) is 0. The molecule has 2 unspecified atom stereocenters. The molecular weight excluding hydrogens is 362 g/mol. The van der Waals surface area contributed by atoms with Crippen molar-refractivity contribution in [1.82, 2.24) is 0 Å². The fourth-order valence-electron chi connectivity index (χ4n) is 4.74. The molecule has 0 amide bonds. The zero-order valence-electron chi connectivity index (χ0n) is 17.2. The van der Waals surface area contributed by atoms with Gasteiger partial charge in [-0.05, 0) is 55.6 Å². The molecule has 0 radical (unpaired) electrons. The minimum Gasteiger partial charge on any atom is -0.494 e. The second kappa shape index (κ2) is 10.4. The smallest absolute Gasteiger partial charge is 0.204 e. The van der Waals surface area contributed by atoms with Crippen LogP contribution in [0.3, 0.4) is 0 Å². The van der Waals surface area contributed by atoms with Crippen molar-refractivity contribution in [3.05, 3.63) is 23.8 Å². The zero-order chi connectivity index (χ0) is 19.9. The number of methoxy groups -OCH3 is 1. The Morgan fingerprint density at radius 3 is 2.29 bits per heavy atom. The van der Waals surface area contributed by atoms with E-state index < -0.39 is 11.6 Å². The van der Waals surface area contributed by atoms with Gasteiger partial charge in [0.25, 0.3) is 0 Å². The van der Waals surface area contributed by atoms with Crippen molar-refractivity contribution in [2.24, 2.45) is 17.8 Å². The minimum absolute atomic E-state index is 0.0540. The molecular formula is C23H34F2O3. The van der Waals surface area contributed by atoms with Crippen LogP contribution in [0.15, 0.2) is 12.1 Å². The van der Waals surface area contributed by atoms with Crippen LogP contribution in [-0.4, -0.2) is 26.4 Å². The van der Waals surface area contributed by atoms with Crippen LogP contribution in [0.5, 0.6) is 11.5 Å². The molecule has 0 bridgehead atoms. The van der Waals surface area contributed by atoms with Crippen molar-refractivity contribution < 1.29 is 23.0 Å². The third kappa shape index (κ3) is 5.37. The molecule has 0 spiro atoms. The van der Waals surface area contributed by atoms with Crippen LogP contribution in [0.25, 0.3) is 0 Å². The summed E-state index contributed by atoms with van der Waals surface area (Å²) in [6.45, 7) is 3.28. The van der Waals surface area contributed by atoms with Gasteiger partial charge in [0, 0.05) is 0 Å². The third-order valence-electron chi connectivity index (χ3n) is 6.59. The van der Waals surface area contributed by atoms with Crippen molar-refractivity contribution in [3.8, 4) is 11.5 Å². The number of rotatable bonds is 8. The highest BCUT2D eigenvalue weighted by Gasteiger charge is 2.31. The summed E-state index contributed by atoms with van der Waals surface area (Å²) in [5, 5.41) is 0. The lowest BCUT2D eigenvalue weighted by Crippen LogP contribution is -2.35. The fourth-order valence-corrected chi connectivity index (χ4v) is 4.74. The second-order valence-corrected chi connectivity index (χ2v) is 8.42. The highest BCUT2D eigenvalue weighted by Crippen LogP contribution is 2.39. The van der Waals surface area contributed by atoms with Gasteiger partial charge in [0.05, 0.1) is 19.8 Å². The standard InChI is InChI=1S/C23H34F2O3/c1-3-4-5-16-6-8-17(9-7-16)18-10-11-19(27-14-18)15-28-21-13-12-20(26-2)22(24)23(21)25/h12-13,16-19H,3-11,14-15H2,1-2H3. The van der Waals surface area contributed by atoms with Crippen molar-refractivity contribution in [2.45, 2.75) is 70.8 Å². The van der Waals surface area contributed by atoms with E-state index >= 15 is 0 Å². The average molecular weight is 397 g/mol. The molecule has 1 aliphatic carbocycles. The van der Waals surface area contributed by atoms with E-state index in [0.29, 0.717) is 5.92 Å². The van der Waals surface area contributed by atoms with Gasteiger partial charge in [-0.3, -0.25) is 0 Å². The molecule has 1 aromatic carbocycles. The maximum atomic E-state index is 14.0. The van der Waals surface area contributed by atoms with Gasteiger partial charge in [0.15, 0.2) is 11.5 Å². The van der Waals surface area contributed by atoms with E-state index in [-0.39, 0.29) is 24.2 Å². The minimum atomic E-state index is -1.01. The number of halogens is 2. The number of hydrogen-bond acceptors (Lipinski definition) is 3. The lowest BCUT2D eigenvalue weighted by Gasteiger charge is -2.37. The van der Waals surface area contributed by atoms with E-state index in [9.17, 15) is 8.78 Å². The van der Waals surface area contributed by atoms with E-state index in [4.69, 9.17) is 14.2 Å². The van der Waals surface area contributed by atoms with Gasteiger partial charge < -0.3 is 14.2 Å². The summed E-state index contributed by atoms with van der Waals surface area (Å²) in [5.74, 6) is 0.126. The fraction of sp³-hybridized carbons (Fsp3) is 0.739. The molecule has 2 fully saturated rings. The first-order valence-electron chi connectivity index (χ1n) is 10.9. The Labute approximate surface area is 167 Å². The molecule has 3 rings (SSSR count). The Bertz CT molecular complexity index is 606. The highest BCUT2D eigenvalue weighted by molar-refractivity contribution is 5.34. The first-order chi connectivity index (χ1) is 13.6. The van der Waals surface area contributed by atoms with Crippen molar-refractivity contribution >= 4 is 0 Å². The summed E-state index contributed by atoms with van der Waals surface area (Å²) < 4.78 is 44.0. The Hall–Kier alpha value is -1.36.